The number of hydrogen-bond donors (Lipinski definition) is 4. The fraction of sp³-hybridized carbons (Fsp3) is 0.439. The number of carbonyl (C=O) groups is 5. The molecule has 8 rings (SSSR count). The number of allylic oxidation sites excluding steroid dienone is 4. The molecule has 3 aromatic heterocycles. The molecule has 3 aliphatic heterocycles. The Morgan fingerprint density at radius 1 is 0.978 bits per heavy atom. The third-order valence-electron chi connectivity index (χ3n) is 15.5. The van der Waals surface area contributed by atoms with Gasteiger partial charge in [-0.2, -0.15) is 10.2 Å². The minimum absolute atomic E-state index is 0.00695. The quantitative estimate of drug-likeness (QED) is 0.00558. The molecule has 26 heteroatoms. The van der Waals surface area contributed by atoms with Gasteiger partial charge in [0.15, 0.2) is 6.29 Å². The molecule has 3 aliphatic rings. The average molecular weight is 1300 g/mol. The van der Waals surface area contributed by atoms with Gasteiger partial charge in [0, 0.05) is 103 Å². The molecular weight excluding hydrogens is 1220 g/mol. The van der Waals surface area contributed by atoms with E-state index in [4.69, 9.17) is 15.3 Å². The maximum Gasteiger partial charge on any atom is 0.313 e. The van der Waals surface area contributed by atoms with E-state index in [0.29, 0.717) is 82.7 Å². The van der Waals surface area contributed by atoms with Crippen LogP contribution in [0, 0.1) is 35.9 Å². The molecular formula is C66H84F2N14O8S2. The van der Waals surface area contributed by atoms with Gasteiger partial charge >= 0.3 is 5.97 Å². The van der Waals surface area contributed by atoms with Crippen molar-refractivity contribution in [2.75, 3.05) is 138 Å². The van der Waals surface area contributed by atoms with Gasteiger partial charge in [-0.1, -0.05) is 78.2 Å². The van der Waals surface area contributed by atoms with Crippen molar-refractivity contribution >= 4 is 85.5 Å². The number of hydrogen-bond acceptors (Lipinski definition) is 19. The Labute approximate surface area is 544 Å². The molecule has 492 valence electrons. The molecule has 0 atom stereocenters. The monoisotopic (exact) mass is 1300 g/mol. The first kappa shape index (κ1) is 72.9. The van der Waals surface area contributed by atoms with Gasteiger partial charge in [0.25, 0.3) is 11.5 Å². The fourth-order valence-corrected chi connectivity index (χ4v) is 11.9. The number of amides is 3. The third kappa shape index (κ3) is 23.2. The molecule has 0 unspecified atom stereocenters. The number of likely N-dealkylation sites (N-methyl/N-ethyl adjacent to an activating group) is 1. The lowest BCUT2D eigenvalue weighted by Gasteiger charge is -2.39. The van der Waals surface area contributed by atoms with E-state index >= 15 is 0 Å². The molecule has 2 aromatic carbocycles. The highest BCUT2D eigenvalue weighted by Crippen LogP contribution is 2.31. The maximum absolute atomic E-state index is 13.3. The summed E-state index contributed by atoms with van der Waals surface area (Å²) in [6.45, 7) is 30.1. The number of carboxylic acids is 1. The Morgan fingerprint density at radius 3 is 2.33 bits per heavy atom. The van der Waals surface area contributed by atoms with Gasteiger partial charge in [-0.15, -0.1) is 16.6 Å². The van der Waals surface area contributed by atoms with E-state index < -0.39 is 17.7 Å². The second-order valence-electron chi connectivity index (χ2n) is 22.5. The number of ether oxygens (including phenoxy) is 1. The van der Waals surface area contributed by atoms with Crippen molar-refractivity contribution in [2.45, 2.75) is 51.5 Å². The lowest BCUT2D eigenvalue weighted by Crippen LogP contribution is -2.53. The number of likely N-dealkylation sites (tertiary alicyclic amines) is 1. The molecule has 0 saturated carbocycles. The second-order valence-corrected chi connectivity index (χ2v) is 24.5. The zero-order chi connectivity index (χ0) is 66.9. The van der Waals surface area contributed by atoms with Crippen LogP contribution in [0.15, 0.2) is 112 Å². The molecule has 3 amide bonds. The number of piperazine rings is 2. The molecule has 22 nitrogen and oxygen atoms in total. The van der Waals surface area contributed by atoms with Gasteiger partial charge in [0.05, 0.1) is 59.7 Å². The third-order valence-corrected chi connectivity index (χ3v) is 17.5. The van der Waals surface area contributed by atoms with Gasteiger partial charge in [0.2, 0.25) is 11.8 Å². The van der Waals surface area contributed by atoms with Crippen LogP contribution in [-0.4, -0.2) is 240 Å². The van der Waals surface area contributed by atoms with E-state index in [9.17, 15) is 37.6 Å². The zero-order valence-electron chi connectivity index (χ0n) is 53.4. The number of hydrazone groups is 1. The summed E-state index contributed by atoms with van der Waals surface area (Å²) in [6.07, 6.45) is 6.34. The standard InChI is InChI=1S/C33H48N8O5S2.C17H25FN4O.C16H11FN2O2/c1-25-35-32(47-24-31(44)45)28-20-27(48-33(28)36-25)4-3-7-34-29(42)23-46-19-18-38-8-5-26(6-9-38)21-39-12-14-40(15-13-39)22-30(43)41-16-10-37(2)11-17-41;1-8-14(10-15(19)17(23)21(6)9-2)11-16(20-22(7)18)13(5)12(3)4;17-14-6-5-10(7-11(14)9-20)8-15-12-3-1-2-4-13(12)16(21)19-18-15/h20,26H,5-19,21-24H2,1-2H3,(H,34,42)(H,44,45);8,10,19H,1,3,5,9,11H2,2,4,6-7H3;1-7,9H,8H2,(H,19,21)/b;14-10+,19-15?,20-16+;. The number of aromatic amines is 1. The number of aromatic nitrogens is 4. The molecule has 0 aliphatic carbocycles. The number of H-pyrrole nitrogens is 1. The second kappa shape index (κ2) is 36.8. The summed E-state index contributed by atoms with van der Waals surface area (Å²) in [6, 6.07) is 13.4. The van der Waals surface area contributed by atoms with Gasteiger partial charge in [-0.25, -0.2) is 19.5 Å². The lowest BCUT2D eigenvalue weighted by molar-refractivity contribution is -0.135. The number of nitrogens with zero attached hydrogens (tertiary/aromatic N) is 11. The molecule has 3 fully saturated rings. The van der Waals surface area contributed by atoms with Crippen molar-refractivity contribution < 1.29 is 42.7 Å². The SMILES string of the molecule is C=C/C(=C\C(=N)C(=O)N(C)CC)C/C(=N\N(C)F)C(=C)C(=C)C.Cc1nc(SCC(=O)O)c2cc(C#CCNC(=O)COCCN3CCC(CN4CCN(CC(=O)N5CCN(C)CC5)CC4)CC3)sc2n1.O=Cc1cc(Cc2n[nH]c(=O)c3ccccc23)ccc1F. The molecule has 6 heterocycles. The average Bonchev–Trinajstić information content (AvgIpc) is 1.48. The number of thiophene rings is 1. The Balaban J connectivity index is 0.000000253. The predicted octanol–water partition coefficient (Wildman–Crippen LogP) is 6.52. The van der Waals surface area contributed by atoms with Crippen molar-refractivity contribution in [1.29, 1.82) is 5.41 Å². The summed E-state index contributed by atoms with van der Waals surface area (Å²) in [7, 11) is 4.89. The fourth-order valence-electron chi connectivity index (χ4n) is 10.1. The number of thioether (sulfide) groups is 1. The molecule has 5 aromatic rings. The van der Waals surface area contributed by atoms with Crippen LogP contribution in [0.2, 0.25) is 0 Å². The Hall–Kier alpha value is -8.16. The number of aliphatic carboxylic acids is 1. The minimum atomic E-state index is -0.899. The first-order valence-corrected chi connectivity index (χ1v) is 32.1. The first-order chi connectivity index (χ1) is 44.0. The van der Waals surface area contributed by atoms with Crippen LogP contribution >= 0.6 is 23.1 Å². The van der Waals surface area contributed by atoms with Crippen LogP contribution in [0.25, 0.3) is 21.0 Å². The van der Waals surface area contributed by atoms with E-state index in [1.54, 1.807) is 39.1 Å². The topological polar surface area (TPSA) is 257 Å². The Bertz CT molecular complexity index is 3630. The Morgan fingerprint density at radius 2 is 1.67 bits per heavy atom. The molecule has 4 N–H and O–H groups in total. The number of halogens is 2. The highest BCUT2D eigenvalue weighted by atomic mass is 32.2. The molecule has 3 saturated heterocycles. The maximum atomic E-state index is 13.3. The largest absolute Gasteiger partial charge is 0.481 e. The van der Waals surface area contributed by atoms with E-state index in [-0.39, 0.29) is 59.2 Å². The summed E-state index contributed by atoms with van der Waals surface area (Å²) >= 11 is 2.59. The molecule has 0 radical (unpaired) electrons. The number of carbonyl (C=O) groups excluding carboxylic acids is 4. The van der Waals surface area contributed by atoms with Crippen molar-refractivity contribution in [3.63, 3.8) is 0 Å². The summed E-state index contributed by atoms with van der Waals surface area (Å²) in [5.74, 6) is 5.48. The van der Waals surface area contributed by atoms with E-state index in [2.05, 4.69) is 88.8 Å². The molecule has 0 spiro atoms. The number of nitrogens with one attached hydrogen (secondary N) is 3. The summed E-state index contributed by atoms with van der Waals surface area (Å²) < 4.78 is 32.1. The van der Waals surface area contributed by atoms with Crippen LogP contribution in [0.4, 0.5) is 8.87 Å². The lowest BCUT2D eigenvalue weighted by atomic mass is 9.96. The van der Waals surface area contributed by atoms with Gasteiger partial charge in [0.1, 0.15) is 33.8 Å². The van der Waals surface area contributed by atoms with E-state index in [1.807, 2.05) is 30.0 Å². The minimum Gasteiger partial charge on any atom is -0.481 e. The highest BCUT2D eigenvalue weighted by molar-refractivity contribution is 8.00. The first-order valence-electron chi connectivity index (χ1n) is 30.3. The van der Waals surface area contributed by atoms with Gasteiger partial charge in [-0.05, 0) is 112 Å². The number of fused-ring (bicyclic) bond motifs is 2. The van der Waals surface area contributed by atoms with Crippen LogP contribution in [0.3, 0.4) is 0 Å². The van der Waals surface area contributed by atoms with Crippen LogP contribution in [0.5, 0.6) is 0 Å². The van der Waals surface area contributed by atoms with Crippen LogP contribution < -0.4 is 10.9 Å². The number of carboxylic acid groups (broad SMARTS) is 1. The number of benzene rings is 2. The molecule has 92 heavy (non-hydrogen) atoms. The summed E-state index contributed by atoms with van der Waals surface area (Å²) in [4.78, 5) is 93.7. The Kier molecular flexibility index (Phi) is 29.1. The molecule has 0 bridgehead atoms. The van der Waals surface area contributed by atoms with Crippen molar-refractivity contribution in [1.82, 2.24) is 60.1 Å². The smallest absolute Gasteiger partial charge is 0.313 e. The van der Waals surface area contributed by atoms with Crippen LogP contribution in [-0.2, 0) is 30.3 Å². The summed E-state index contributed by atoms with van der Waals surface area (Å²) in [5, 5.41) is 32.8. The van der Waals surface area contributed by atoms with Gasteiger partial charge in [-0.3, -0.25) is 39.1 Å². The number of aldehydes is 1. The van der Waals surface area contributed by atoms with Crippen LogP contribution in [0.1, 0.15) is 65.4 Å². The number of piperidine rings is 1. The highest BCUT2D eigenvalue weighted by Gasteiger charge is 2.27. The van der Waals surface area contributed by atoms with Crippen molar-refractivity contribution in [3.8, 4) is 11.8 Å². The van der Waals surface area contributed by atoms with E-state index in [0.717, 1.165) is 112 Å². The van der Waals surface area contributed by atoms with Crippen molar-refractivity contribution in [2.24, 2.45) is 11.0 Å². The van der Waals surface area contributed by atoms with E-state index in [1.165, 1.54) is 65.1 Å². The predicted molar refractivity (Wildman–Crippen MR) is 358 cm³/mol. The zero-order valence-corrected chi connectivity index (χ0v) is 55.0. The van der Waals surface area contributed by atoms with Gasteiger partial charge < -0.3 is 39.7 Å². The summed E-state index contributed by atoms with van der Waals surface area (Å²) in [5.41, 5.74) is 3.11. The van der Waals surface area contributed by atoms with Crippen molar-refractivity contribution in [3.05, 3.63) is 141 Å². The number of rotatable bonds is 25. The number of aryl methyl sites for hydroxylation is 1. The normalized spacial score (nSPS) is 15.2.